The van der Waals surface area contributed by atoms with Crippen molar-refractivity contribution >= 4 is 0 Å². The second-order valence-electron chi connectivity index (χ2n) is 5.67. The second-order valence-corrected chi connectivity index (χ2v) is 5.67. The maximum absolute atomic E-state index is 12.4. The van der Waals surface area contributed by atoms with Crippen LogP contribution < -0.4 is 5.32 Å². The molecule has 0 aromatic heterocycles. The molecule has 0 aliphatic rings. The highest BCUT2D eigenvalue weighted by Gasteiger charge is 2.29. The van der Waals surface area contributed by atoms with Gasteiger partial charge in [0.15, 0.2) is 0 Å². The van der Waals surface area contributed by atoms with Crippen molar-refractivity contribution < 1.29 is 13.2 Å². The van der Waals surface area contributed by atoms with E-state index < -0.39 is 12.7 Å². The van der Waals surface area contributed by atoms with Gasteiger partial charge in [-0.15, -0.1) is 0 Å². The van der Waals surface area contributed by atoms with Crippen LogP contribution in [-0.4, -0.2) is 37.8 Å². The fourth-order valence-electron chi connectivity index (χ4n) is 2.58. The maximum atomic E-state index is 12.4. The molecule has 0 saturated carbocycles. The fraction of sp³-hybridized carbons (Fsp3) is 0.625. The van der Waals surface area contributed by atoms with Gasteiger partial charge in [0, 0.05) is 6.04 Å². The molecule has 21 heavy (non-hydrogen) atoms. The lowest BCUT2D eigenvalue weighted by atomic mass is 9.99. The van der Waals surface area contributed by atoms with Gasteiger partial charge in [0.25, 0.3) is 0 Å². The van der Waals surface area contributed by atoms with Crippen molar-refractivity contribution in [3.63, 3.8) is 0 Å². The summed E-state index contributed by atoms with van der Waals surface area (Å²) >= 11 is 0. The molecule has 1 unspecified atom stereocenters. The lowest BCUT2D eigenvalue weighted by Crippen LogP contribution is -2.34. The number of benzene rings is 1. The van der Waals surface area contributed by atoms with E-state index in [9.17, 15) is 13.2 Å². The minimum atomic E-state index is -4.14. The van der Waals surface area contributed by atoms with Gasteiger partial charge in [-0.2, -0.15) is 13.2 Å². The molecule has 1 atom stereocenters. The Balaban J connectivity index is 2.69. The maximum Gasteiger partial charge on any atom is 0.401 e. The average Bonchev–Trinajstić information content (AvgIpc) is 2.30. The van der Waals surface area contributed by atoms with Crippen LogP contribution in [0.5, 0.6) is 0 Å². The third kappa shape index (κ3) is 6.96. The van der Waals surface area contributed by atoms with Gasteiger partial charge in [-0.25, -0.2) is 0 Å². The average molecular weight is 302 g/mol. The van der Waals surface area contributed by atoms with Gasteiger partial charge >= 0.3 is 6.18 Å². The standard InChI is InChI=1S/C16H25F3N2/c1-5-20-15(6-7-21(4)11-16(17,18)19)14-9-12(2)8-13(3)10-14/h8-10,15,20H,5-7,11H2,1-4H3. The Labute approximate surface area is 125 Å². The second kappa shape index (κ2) is 7.80. The summed E-state index contributed by atoms with van der Waals surface area (Å²) in [6.45, 7) is 6.42. The minimum Gasteiger partial charge on any atom is -0.310 e. The van der Waals surface area contributed by atoms with Crippen molar-refractivity contribution in [3.8, 4) is 0 Å². The molecule has 0 spiro atoms. The third-order valence-electron chi connectivity index (χ3n) is 3.35. The molecular formula is C16H25F3N2. The van der Waals surface area contributed by atoms with Gasteiger partial charge < -0.3 is 5.32 Å². The molecule has 0 saturated heterocycles. The Hall–Kier alpha value is -1.07. The normalized spacial score (nSPS) is 13.7. The van der Waals surface area contributed by atoms with E-state index in [1.807, 2.05) is 20.8 Å². The van der Waals surface area contributed by atoms with E-state index in [0.29, 0.717) is 13.0 Å². The number of hydrogen-bond acceptors (Lipinski definition) is 2. The number of alkyl halides is 3. The molecule has 1 aromatic carbocycles. The number of nitrogens with zero attached hydrogens (tertiary/aromatic N) is 1. The van der Waals surface area contributed by atoms with Crippen LogP contribution in [0.25, 0.3) is 0 Å². The molecular weight excluding hydrogens is 277 g/mol. The summed E-state index contributed by atoms with van der Waals surface area (Å²) in [4.78, 5) is 1.33. The Kier molecular flexibility index (Phi) is 6.68. The van der Waals surface area contributed by atoms with E-state index >= 15 is 0 Å². The predicted molar refractivity (Wildman–Crippen MR) is 80.5 cm³/mol. The number of hydrogen-bond donors (Lipinski definition) is 1. The van der Waals surface area contributed by atoms with Crippen LogP contribution in [0, 0.1) is 13.8 Å². The summed E-state index contributed by atoms with van der Waals surface area (Å²) in [7, 11) is 1.51. The van der Waals surface area contributed by atoms with E-state index in [1.165, 1.54) is 23.1 Å². The summed E-state index contributed by atoms with van der Waals surface area (Å²) in [5, 5.41) is 3.36. The molecule has 0 fully saturated rings. The third-order valence-corrected chi connectivity index (χ3v) is 3.35. The molecule has 1 aromatic rings. The van der Waals surface area contributed by atoms with Crippen LogP contribution in [-0.2, 0) is 0 Å². The smallest absolute Gasteiger partial charge is 0.310 e. The molecule has 0 aliphatic heterocycles. The number of nitrogens with one attached hydrogen (secondary N) is 1. The quantitative estimate of drug-likeness (QED) is 0.823. The van der Waals surface area contributed by atoms with Gasteiger partial charge in [0.05, 0.1) is 6.54 Å². The number of rotatable bonds is 7. The van der Waals surface area contributed by atoms with Crippen molar-refractivity contribution in [1.29, 1.82) is 0 Å². The molecule has 1 rings (SSSR count). The van der Waals surface area contributed by atoms with E-state index in [4.69, 9.17) is 0 Å². The molecule has 0 radical (unpaired) electrons. The lowest BCUT2D eigenvalue weighted by Gasteiger charge is -2.24. The molecule has 2 nitrogen and oxygen atoms in total. The first-order chi connectivity index (χ1) is 9.71. The Morgan fingerprint density at radius 1 is 1.14 bits per heavy atom. The van der Waals surface area contributed by atoms with Crippen LogP contribution in [0.15, 0.2) is 18.2 Å². The highest BCUT2D eigenvalue weighted by molar-refractivity contribution is 5.30. The van der Waals surface area contributed by atoms with Crippen LogP contribution >= 0.6 is 0 Å². The molecule has 0 aliphatic carbocycles. The van der Waals surface area contributed by atoms with Crippen molar-refractivity contribution in [2.75, 3.05) is 26.7 Å². The molecule has 0 heterocycles. The SMILES string of the molecule is CCNC(CCN(C)CC(F)(F)F)c1cc(C)cc(C)c1. The Bertz CT molecular complexity index is 423. The topological polar surface area (TPSA) is 15.3 Å². The van der Waals surface area contributed by atoms with Crippen molar-refractivity contribution in [3.05, 3.63) is 34.9 Å². The summed E-state index contributed by atoms with van der Waals surface area (Å²) in [5.41, 5.74) is 3.50. The van der Waals surface area contributed by atoms with Crippen LogP contribution in [0.3, 0.4) is 0 Å². The monoisotopic (exact) mass is 302 g/mol. The first kappa shape index (κ1) is 18.0. The molecule has 120 valence electrons. The first-order valence-corrected chi connectivity index (χ1v) is 7.28. The van der Waals surface area contributed by atoms with E-state index in [0.717, 1.165) is 12.1 Å². The number of aryl methyl sites for hydroxylation is 2. The van der Waals surface area contributed by atoms with Gasteiger partial charge in [0.1, 0.15) is 0 Å². The Morgan fingerprint density at radius 3 is 2.19 bits per heavy atom. The van der Waals surface area contributed by atoms with E-state index in [-0.39, 0.29) is 6.04 Å². The van der Waals surface area contributed by atoms with Crippen LogP contribution in [0.2, 0.25) is 0 Å². The lowest BCUT2D eigenvalue weighted by molar-refractivity contribution is -0.143. The summed E-state index contributed by atoms with van der Waals surface area (Å²) < 4.78 is 37.1. The molecule has 0 bridgehead atoms. The van der Waals surface area contributed by atoms with Crippen LogP contribution in [0.4, 0.5) is 13.2 Å². The van der Waals surface area contributed by atoms with Crippen molar-refractivity contribution in [1.82, 2.24) is 10.2 Å². The van der Waals surface area contributed by atoms with Gasteiger partial charge in [-0.3, -0.25) is 4.90 Å². The molecule has 0 amide bonds. The van der Waals surface area contributed by atoms with Crippen molar-refractivity contribution in [2.24, 2.45) is 0 Å². The van der Waals surface area contributed by atoms with Crippen LogP contribution in [0.1, 0.15) is 36.1 Å². The summed E-state index contributed by atoms with van der Waals surface area (Å²) in [6, 6.07) is 6.39. The van der Waals surface area contributed by atoms with Crippen molar-refractivity contribution in [2.45, 2.75) is 39.4 Å². The number of halogens is 3. The molecule has 5 heteroatoms. The van der Waals surface area contributed by atoms with Gasteiger partial charge in [-0.05, 0) is 46.0 Å². The van der Waals surface area contributed by atoms with E-state index in [1.54, 1.807) is 0 Å². The fourth-order valence-corrected chi connectivity index (χ4v) is 2.58. The van der Waals surface area contributed by atoms with Gasteiger partial charge in [0.2, 0.25) is 0 Å². The first-order valence-electron chi connectivity index (χ1n) is 7.28. The zero-order valence-electron chi connectivity index (χ0n) is 13.2. The van der Waals surface area contributed by atoms with Gasteiger partial charge in [-0.1, -0.05) is 36.2 Å². The Morgan fingerprint density at radius 2 is 1.71 bits per heavy atom. The highest BCUT2D eigenvalue weighted by Crippen LogP contribution is 2.21. The minimum absolute atomic E-state index is 0.0873. The van der Waals surface area contributed by atoms with E-state index in [2.05, 4.69) is 23.5 Å². The predicted octanol–water partition coefficient (Wildman–Crippen LogP) is 3.84. The zero-order chi connectivity index (χ0) is 16.0. The highest BCUT2D eigenvalue weighted by atomic mass is 19.4. The zero-order valence-corrected chi connectivity index (χ0v) is 13.2. The molecule has 1 N–H and O–H groups in total. The summed E-state index contributed by atoms with van der Waals surface area (Å²) in [5.74, 6) is 0. The summed E-state index contributed by atoms with van der Waals surface area (Å²) in [6.07, 6.45) is -3.48. The largest absolute Gasteiger partial charge is 0.401 e.